The van der Waals surface area contributed by atoms with Crippen LogP contribution in [0.15, 0.2) is 18.5 Å². The number of nitrogens with two attached hydrogens (primary N) is 1. The highest BCUT2D eigenvalue weighted by Crippen LogP contribution is 2.20. The van der Waals surface area contributed by atoms with E-state index in [1.54, 1.807) is 13.3 Å². The lowest BCUT2D eigenvalue weighted by Gasteiger charge is -2.36. The normalized spacial score (nSPS) is 17.9. The van der Waals surface area contributed by atoms with E-state index in [1.807, 2.05) is 12.3 Å². The predicted octanol–water partition coefficient (Wildman–Crippen LogP) is 0.233. The van der Waals surface area contributed by atoms with Gasteiger partial charge in [-0.1, -0.05) is 0 Å². The van der Waals surface area contributed by atoms with Crippen LogP contribution < -0.4 is 10.5 Å². The van der Waals surface area contributed by atoms with Gasteiger partial charge in [-0.3, -0.25) is 9.88 Å². The van der Waals surface area contributed by atoms with Gasteiger partial charge in [-0.2, -0.15) is 0 Å². The zero-order chi connectivity index (χ0) is 9.97. The molecule has 2 heterocycles. The number of pyridine rings is 1. The van der Waals surface area contributed by atoms with Crippen LogP contribution in [0.1, 0.15) is 5.56 Å². The van der Waals surface area contributed by atoms with Crippen molar-refractivity contribution in [1.29, 1.82) is 0 Å². The molecule has 0 atom stereocenters. The van der Waals surface area contributed by atoms with Crippen LogP contribution in [-0.4, -0.2) is 36.1 Å². The molecule has 2 N–H and O–H groups in total. The summed E-state index contributed by atoms with van der Waals surface area (Å²) in [4.78, 5) is 6.37. The van der Waals surface area contributed by atoms with E-state index in [0.29, 0.717) is 6.04 Å². The van der Waals surface area contributed by atoms with E-state index in [9.17, 15) is 0 Å². The molecular weight excluding hydrogens is 178 g/mol. The molecule has 0 radical (unpaired) electrons. The summed E-state index contributed by atoms with van der Waals surface area (Å²) < 4.78 is 5.24. The SMILES string of the molecule is COc1ccncc1CN1CC(N)C1. The first kappa shape index (κ1) is 9.43. The molecule has 0 spiro atoms. The molecule has 0 saturated carbocycles. The van der Waals surface area contributed by atoms with Crippen LogP contribution in [0.3, 0.4) is 0 Å². The molecule has 2 rings (SSSR count). The third kappa shape index (κ3) is 1.86. The third-order valence-electron chi connectivity index (χ3n) is 2.46. The quantitative estimate of drug-likeness (QED) is 0.746. The van der Waals surface area contributed by atoms with Crippen LogP contribution in [0.4, 0.5) is 0 Å². The highest BCUT2D eigenvalue weighted by Gasteiger charge is 2.23. The Balaban J connectivity index is 2.01. The van der Waals surface area contributed by atoms with Crippen molar-refractivity contribution in [1.82, 2.24) is 9.88 Å². The summed E-state index contributed by atoms with van der Waals surface area (Å²) in [7, 11) is 1.68. The Morgan fingerprint density at radius 1 is 1.64 bits per heavy atom. The van der Waals surface area contributed by atoms with E-state index in [2.05, 4.69) is 9.88 Å². The van der Waals surface area contributed by atoms with Crippen molar-refractivity contribution in [2.75, 3.05) is 20.2 Å². The second kappa shape index (κ2) is 3.94. The van der Waals surface area contributed by atoms with Crippen LogP contribution in [0.25, 0.3) is 0 Å². The van der Waals surface area contributed by atoms with Crippen LogP contribution >= 0.6 is 0 Å². The number of aromatic nitrogens is 1. The molecule has 0 bridgehead atoms. The van der Waals surface area contributed by atoms with Gasteiger partial charge in [0.05, 0.1) is 7.11 Å². The molecule has 1 aliphatic rings. The molecule has 1 aromatic rings. The van der Waals surface area contributed by atoms with Gasteiger partial charge >= 0.3 is 0 Å². The summed E-state index contributed by atoms with van der Waals surface area (Å²) in [5.74, 6) is 0.903. The van der Waals surface area contributed by atoms with Crippen LogP contribution in [0.2, 0.25) is 0 Å². The maximum Gasteiger partial charge on any atom is 0.126 e. The zero-order valence-corrected chi connectivity index (χ0v) is 8.31. The smallest absolute Gasteiger partial charge is 0.126 e. The lowest BCUT2D eigenvalue weighted by molar-refractivity contribution is 0.141. The van der Waals surface area contributed by atoms with Crippen molar-refractivity contribution in [2.45, 2.75) is 12.6 Å². The molecular formula is C10H15N3O. The van der Waals surface area contributed by atoms with Gasteiger partial charge < -0.3 is 10.5 Å². The van der Waals surface area contributed by atoms with Gasteiger partial charge in [0.2, 0.25) is 0 Å². The maximum absolute atomic E-state index is 5.70. The fourth-order valence-electron chi connectivity index (χ4n) is 1.71. The highest BCUT2D eigenvalue weighted by atomic mass is 16.5. The summed E-state index contributed by atoms with van der Waals surface area (Å²) in [6, 6.07) is 2.23. The van der Waals surface area contributed by atoms with Crippen molar-refractivity contribution in [3.8, 4) is 5.75 Å². The molecule has 0 aromatic carbocycles. The summed E-state index contributed by atoms with van der Waals surface area (Å²) in [5, 5.41) is 0. The number of methoxy groups -OCH3 is 1. The number of ether oxygens (including phenoxy) is 1. The fraction of sp³-hybridized carbons (Fsp3) is 0.500. The molecule has 14 heavy (non-hydrogen) atoms. The van der Waals surface area contributed by atoms with Crippen molar-refractivity contribution >= 4 is 0 Å². The lowest BCUT2D eigenvalue weighted by Crippen LogP contribution is -2.54. The molecule has 4 nitrogen and oxygen atoms in total. The van der Waals surface area contributed by atoms with E-state index in [0.717, 1.165) is 30.9 Å². The van der Waals surface area contributed by atoms with E-state index >= 15 is 0 Å². The number of hydrogen-bond acceptors (Lipinski definition) is 4. The van der Waals surface area contributed by atoms with Gasteiger partial charge in [0.15, 0.2) is 0 Å². The van der Waals surface area contributed by atoms with Gasteiger partial charge in [-0.25, -0.2) is 0 Å². The monoisotopic (exact) mass is 193 g/mol. The van der Waals surface area contributed by atoms with Gasteiger partial charge in [0.25, 0.3) is 0 Å². The van der Waals surface area contributed by atoms with Crippen molar-refractivity contribution in [3.63, 3.8) is 0 Å². The standard InChI is InChI=1S/C10H15N3O/c1-14-10-2-3-12-4-8(10)5-13-6-9(11)7-13/h2-4,9H,5-7,11H2,1H3. The molecule has 0 amide bonds. The van der Waals surface area contributed by atoms with E-state index < -0.39 is 0 Å². The molecule has 1 aliphatic heterocycles. The van der Waals surface area contributed by atoms with Crippen LogP contribution in [-0.2, 0) is 6.54 Å². The summed E-state index contributed by atoms with van der Waals surface area (Å²) in [5.41, 5.74) is 6.83. The minimum atomic E-state index is 0.345. The molecule has 0 unspecified atom stereocenters. The Bertz CT molecular complexity index is 310. The Labute approximate surface area is 83.7 Å². The van der Waals surface area contributed by atoms with Crippen LogP contribution in [0, 0.1) is 0 Å². The molecule has 4 heteroatoms. The van der Waals surface area contributed by atoms with Gasteiger partial charge in [0.1, 0.15) is 5.75 Å². The lowest BCUT2D eigenvalue weighted by atomic mass is 10.1. The van der Waals surface area contributed by atoms with E-state index in [4.69, 9.17) is 10.5 Å². The zero-order valence-electron chi connectivity index (χ0n) is 8.31. The Morgan fingerprint density at radius 3 is 3.07 bits per heavy atom. The predicted molar refractivity (Wildman–Crippen MR) is 54.0 cm³/mol. The first-order valence-corrected chi connectivity index (χ1v) is 4.74. The Morgan fingerprint density at radius 2 is 2.43 bits per heavy atom. The minimum absolute atomic E-state index is 0.345. The van der Waals surface area contributed by atoms with Crippen molar-refractivity contribution in [2.24, 2.45) is 5.73 Å². The second-order valence-corrected chi connectivity index (χ2v) is 3.64. The number of likely N-dealkylation sites (tertiary alicyclic amines) is 1. The molecule has 1 fully saturated rings. The number of hydrogen-bond donors (Lipinski definition) is 1. The highest BCUT2D eigenvalue weighted by molar-refractivity contribution is 5.30. The largest absolute Gasteiger partial charge is 0.496 e. The molecule has 76 valence electrons. The molecule has 1 saturated heterocycles. The Hall–Kier alpha value is -1.13. The van der Waals surface area contributed by atoms with Gasteiger partial charge in [0, 0.05) is 43.6 Å². The number of rotatable bonds is 3. The van der Waals surface area contributed by atoms with E-state index in [-0.39, 0.29) is 0 Å². The first-order valence-electron chi connectivity index (χ1n) is 4.74. The Kier molecular flexibility index (Phi) is 2.65. The molecule has 0 aliphatic carbocycles. The first-order chi connectivity index (χ1) is 6.79. The van der Waals surface area contributed by atoms with Crippen LogP contribution in [0.5, 0.6) is 5.75 Å². The van der Waals surface area contributed by atoms with Gasteiger partial charge in [-0.15, -0.1) is 0 Å². The van der Waals surface area contributed by atoms with Gasteiger partial charge in [-0.05, 0) is 6.07 Å². The third-order valence-corrected chi connectivity index (χ3v) is 2.46. The maximum atomic E-state index is 5.70. The summed E-state index contributed by atoms with van der Waals surface area (Å²) in [6.45, 7) is 2.82. The van der Waals surface area contributed by atoms with Crippen molar-refractivity contribution < 1.29 is 4.74 Å². The summed E-state index contributed by atoms with van der Waals surface area (Å²) >= 11 is 0. The fourth-order valence-corrected chi connectivity index (χ4v) is 1.71. The topological polar surface area (TPSA) is 51.4 Å². The summed E-state index contributed by atoms with van der Waals surface area (Å²) in [6.07, 6.45) is 3.59. The van der Waals surface area contributed by atoms with Crippen molar-refractivity contribution in [3.05, 3.63) is 24.0 Å². The average molecular weight is 193 g/mol. The second-order valence-electron chi connectivity index (χ2n) is 3.64. The number of nitrogens with zero attached hydrogens (tertiary/aromatic N) is 2. The minimum Gasteiger partial charge on any atom is -0.496 e. The molecule has 1 aromatic heterocycles. The van der Waals surface area contributed by atoms with E-state index in [1.165, 1.54) is 0 Å². The average Bonchev–Trinajstić information content (AvgIpc) is 2.16.